The maximum absolute atomic E-state index is 12.8. The molecule has 2 amide bonds. The molecule has 0 spiro atoms. The van der Waals surface area contributed by atoms with Gasteiger partial charge in [0.2, 0.25) is 5.91 Å². The summed E-state index contributed by atoms with van der Waals surface area (Å²) in [5.74, 6) is -0.856. The molecule has 3 aromatic rings. The summed E-state index contributed by atoms with van der Waals surface area (Å²) in [6, 6.07) is 15.8. The third-order valence-electron chi connectivity index (χ3n) is 3.91. The van der Waals surface area contributed by atoms with Crippen LogP contribution in [0, 0.1) is 0 Å². The molecule has 0 saturated carbocycles. The smallest absolute Gasteiger partial charge is 0.255 e. The van der Waals surface area contributed by atoms with Crippen LogP contribution >= 0.6 is 11.6 Å². The number of aromatic nitrogens is 2. The standard InChI is InChI=1S/C19H17ClN4O2/c20-14-8-4-7-13(9-14)18-15(11-22-24-18)19(26)23-16(10-17(21)25)12-5-2-1-3-6-12/h1-9,11,16H,10H2,(H2,21,25)(H,22,24)(H,23,26)/t16-/m0/s1. The van der Waals surface area contributed by atoms with Crippen molar-refractivity contribution in [1.29, 1.82) is 0 Å². The Morgan fingerprint density at radius 3 is 2.62 bits per heavy atom. The minimum atomic E-state index is -0.525. The molecule has 1 atom stereocenters. The first kappa shape index (κ1) is 17.7. The molecule has 0 aliphatic rings. The van der Waals surface area contributed by atoms with Gasteiger partial charge < -0.3 is 11.1 Å². The van der Waals surface area contributed by atoms with Crippen LogP contribution in [0.4, 0.5) is 0 Å². The van der Waals surface area contributed by atoms with E-state index < -0.39 is 11.9 Å². The number of primary amides is 1. The molecule has 1 aromatic heterocycles. The molecule has 7 heteroatoms. The van der Waals surface area contributed by atoms with Gasteiger partial charge in [-0.25, -0.2) is 0 Å². The van der Waals surface area contributed by atoms with Crippen molar-refractivity contribution in [3.8, 4) is 11.3 Å². The van der Waals surface area contributed by atoms with E-state index in [9.17, 15) is 9.59 Å². The van der Waals surface area contributed by atoms with Crippen molar-refractivity contribution in [2.45, 2.75) is 12.5 Å². The van der Waals surface area contributed by atoms with E-state index in [0.717, 1.165) is 11.1 Å². The van der Waals surface area contributed by atoms with E-state index in [0.29, 0.717) is 16.3 Å². The fourth-order valence-electron chi connectivity index (χ4n) is 2.70. The highest BCUT2D eigenvalue weighted by molar-refractivity contribution is 6.30. The number of nitrogens with two attached hydrogens (primary N) is 1. The van der Waals surface area contributed by atoms with Gasteiger partial charge in [-0.05, 0) is 17.7 Å². The van der Waals surface area contributed by atoms with Crippen LogP contribution in [-0.2, 0) is 4.79 Å². The first-order chi connectivity index (χ1) is 12.5. The molecule has 132 valence electrons. The minimum absolute atomic E-state index is 0.000102. The maximum Gasteiger partial charge on any atom is 0.255 e. The normalized spacial score (nSPS) is 11.7. The van der Waals surface area contributed by atoms with E-state index >= 15 is 0 Å². The highest BCUT2D eigenvalue weighted by Crippen LogP contribution is 2.25. The summed E-state index contributed by atoms with van der Waals surface area (Å²) < 4.78 is 0. The lowest BCUT2D eigenvalue weighted by Gasteiger charge is -2.18. The van der Waals surface area contributed by atoms with E-state index in [-0.39, 0.29) is 12.3 Å². The zero-order valence-corrected chi connectivity index (χ0v) is 14.5. The van der Waals surface area contributed by atoms with Crippen molar-refractivity contribution in [1.82, 2.24) is 15.5 Å². The molecule has 0 aliphatic heterocycles. The molecule has 26 heavy (non-hydrogen) atoms. The summed E-state index contributed by atoms with van der Waals surface area (Å²) >= 11 is 6.03. The topological polar surface area (TPSA) is 101 Å². The number of carbonyl (C=O) groups excluding carboxylic acids is 2. The summed E-state index contributed by atoms with van der Waals surface area (Å²) in [7, 11) is 0. The van der Waals surface area contributed by atoms with Gasteiger partial charge in [-0.1, -0.05) is 54.1 Å². The molecule has 1 heterocycles. The SMILES string of the molecule is NC(=O)C[C@H](NC(=O)c1cn[nH]c1-c1cccc(Cl)c1)c1ccccc1. The number of aromatic amines is 1. The lowest BCUT2D eigenvalue weighted by Crippen LogP contribution is -2.31. The van der Waals surface area contributed by atoms with Gasteiger partial charge in [0.1, 0.15) is 0 Å². The second-order valence-corrected chi connectivity index (χ2v) is 6.21. The molecular formula is C19H17ClN4O2. The monoisotopic (exact) mass is 368 g/mol. The molecule has 3 rings (SSSR count). The molecule has 0 radical (unpaired) electrons. The van der Waals surface area contributed by atoms with E-state index in [1.165, 1.54) is 6.20 Å². The summed E-state index contributed by atoms with van der Waals surface area (Å²) in [6.45, 7) is 0. The first-order valence-electron chi connectivity index (χ1n) is 7.98. The van der Waals surface area contributed by atoms with Crippen LogP contribution in [0.3, 0.4) is 0 Å². The average Bonchev–Trinajstić information content (AvgIpc) is 3.11. The maximum atomic E-state index is 12.8. The molecule has 6 nitrogen and oxygen atoms in total. The van der Waals surface area contributed by atoms with Crippen LogP contribution in [0.25, 0.3) is 11.3 Å². The van der Waals surface area contributed by atoms with E-state index in [1.54, 1.807) is 18.2 Å². The Morgan fingerprint density at radius 2 is 1.92 bits per heavy atom. The lowest BCUT2D eigenvalue weighted by molar-refractivity contribution is -0.118. The average molecular weight is 369 g/mol. The first-order valence-corrected chi connectivity index (χ1v) is 8.36. The predicted octanol–water partition coefficient (Wildman–Crippen LogP) is 3.08. The highest BCUT2D eigenvalue weighted by Gasteiger charge is 2.21. The molecule has 0 fully saturated rings. The Balaban J connectivity index is 1.87. The number of amides is 2. The molecule has 2 aromatic carbocycles. The lowest BCUT2D eigenvalue weighted by atomic mass is 10.0. The van der Waals surface area contributed by atoms with Gasteiger partial charge in [-0.3, -0.25) is 14.7 Å². The zero-order valence-electron chi connectivity index (χ0n) is 13.8. The number of H-pyrrole nitrogens is 1. The number of rotatable bonds is 6. The van der Waals surface area contributed by atoms with Crippen molar-refractivity contribution in [2.75, 3.05) is 0 Å². The molecule has 0 bridgehead atoms. The van der Waals surface area contributed by atoms with Crippen molar-refractivity contribution in [3.63, 3.8) is 0 Å². The van der Waals surface area contributed by atoms with Crippen LogP contribution in [0.15, 0.2) is 60.8 Å². The Bertz CT molecular complexity index is 924. The third kappa shape index (κ3) is 4.10. The fraction of sp³-hybridized carbons (Fsp3) is 0.105. The third-order valence-corrected chi connectivity index (χ3v) is 4.14. The second kappa shape index (κ2) is 7.84. The number of nitrogens with zero attached hydrogens (tertiary/aromatic N) is 1. The van der Waals surface area contributed by atoms with E-state index in [2.05, 4.69) is 15.5 Å². The summed E-state index contributed by atoms with van der Waals surface area (Å²) in [5.41, 5.74) is 7.79. The minimum Gasteiger partial charge on any atom is -0.370 e. The number of carbonyl (C=O) groups is 2. The molecule has 0 unspecified atom stereocenters. The number of hydrogen-bond acceptors (Lipinski definition) is 3. The van der Waals surface area contributed by atoms with E-state index in [4.69, 9.17) is 17.3 Å². The van der Waals surface area contributed by atoms with Crippen molar-refractivity contribution < 1.29 is 9.59 Å². The molecule has 4 N–H and O–H groups in total. The number of halogens is 1. The Labute approximate surface area is 155 Å². The highest BCUT2D eigenvalue weighted by atomic mass is 35.5. The Hall–Kier alpha value is -3.12. The fourth-order valence-corrected chi connectivity index (χ4v) is 2.89. The van der Waals surface area contributed by atoms with Gasteiger partial charge >= 0.3 is 0 Å². The van der Waals surface area contributed by atoms with Crippen LogP contribution < -0.4 is 11.1 Å². The molecule has 0 aliphatic carbocycles. The quantitative estimate of drug-likeness (QED) is 0.623. The van der Waals surface area contributed by atoms with Crippen molar-refractivity contribution in [3.05, 3.63) is 76.9 Å². The van der Waals surface area contributed by atoms with Gasteiger partial charge in [0.15, 0.2) is 0 Å². The number of hydrogen-bond donors (Lipinski definition) is 3. The van der Waals surface area contributed by atoms with Gasteiger partial charge in [0.05, 0.1) is 29.9 Å². The van der Waals surface area contributed by atoms with Crippen LogP contribution in [0.1, 0.15) is 28.4 Å². The predicted molar refractivity (Wildman–Crippen MR) is 99.5 cm³/mol. The Morgan fingerprint density at radius 1 is 1.15 bits per heavy atom. The summed E-state index contributed by atoms with van der Waals surface area (Å²) in [6.07, 6.45) is 1.44. The van der Waals surface area contributed by atoms with E-state index in [1.807, 2.05) is 36.4 Å². The van der Waals surface area contributed by atoms with Gasteiger partial charge in [-0.15, -0.1) is 0 Å². The Kier molecular flexibility index (Phi) is 5.34. The van der Waals surface area contributed by atoms with Crippen LogP contribution in [0.5, 0.6) is 0 Å². The second-order valence-electron chi connectivity index (χ2n) is 5.78. The van der Waals surface area contributed by atoms with Crippen molar-refractivity contribution >= 4 is 23.4 Å². The zero-order chi connectivity index (χ0) is 18.5. The largest absolute Gasteiger partial charge is 0.370 e. The molecule has 0 saturated heterocycles. The number of benzene rings is 2. The summed E-state index contributed by atoms with van der Waals surface area (Å²) in [5, 5.41) is 10.2. The van der Waals surface area contributed by atoms with Gasteiger partial charge in [0, 0.05) is 10.6 Å². The van der Waals surface area contributed by atoms with Crippen LogP contribution in [-0.4, -0.2) is 22.0 Å². The van der Waals surface area contributed by atoms with Gasteiger partial charge in [-0.2, -0.15) is 5.10 Å². The van der Waals surface area contributed by atoms with Crippen LogP contribution in [0.2, 0.25) is 5.02 Å². The number of nitrogens with one attached hydrogen (secondary N) is 2. The molecular weight excluding hydrogens is 352 g/mol. The summed E-state index contributed by atoms with van der Waals surface area (Å²) in [4.78, 5) is 24.2. The van der Waals surface area contributed by atoms with Gasteiger partial charge in [0.25, 0.3) is 5.91 Å². The van der Waals surface area contributed by atoms with Crippen molar-refractivity contribution in [2.24, 2.45) is 5.73 Å².